The molecule has 0 radical (unpaired) electrons. The van der Waals surface area contributed by atoms with Crippen LogP contribution in [0.15, 0.2) is 51.7 Å². The fraction of sp³-hybridized carbons (Fsp3) is 0.528. The van der Waals surface area contributed by atoms with Crippen LogP contribution in [-0.2, 0) is 11.2 Å². The van der Waals surface area contributed by atoms with Crippen molar-refractivity contribution in [3.63, 3.8) is 0 Å². The molecule has 1 aromatic heterocycles. The fourth-order valence-electron chi connectivity index (χ4n) is 7.14. The molecule has 3 aromatic rings. The number of carbonyl (C=O) groups is 2. The van der Waals surface area contributed by atoms with Gasteiger partial charge in [-0.2, -0.15) is 0 Å². The van der Waals surface area contributed by atoms with Gasteiger partial charge in [0.15, 0.2) is 16.8 Å². The largest absolute Gasteiger partial charge is 0.449 e. The van der Waals surface area contributed by atoms with Crippen LogP contribution in [0.25, 0.3) is 11.0 Å². The fourth-order valence-corrected chi connectivity index (χ4v) is 7.80. The lowest BCUT2D eigenvalue weighted by Gasteiger charge is -2.47. The molecule has 248 valence electrons. The molecule has 1 saturated carbocycles. The summed E-state index contributed by atoms with van der Waals surface area (Å²) in [6.45, 7) is 8.57. The van der Waals surface area contributed by atoms with Gasteiger partial charge in [-0.1, -0.05) is 66.2 Å². The van der Waals surface area contributed by atoms with Gasteiger partial charge in [0.25, 0.3) is 5.91 Å². The minimum atomic E-state index is -0.488. The predicted molar refractivity (Wildman–Crippen MR) is 186 cm³/mol. The number of hydrogen-bond donors (Lipinski definition) is 2. The molecule has 0 unspecified atom stereocenters. The maximum atomic E-state index is 13.8. The van der Waals surface area contributed by atoms with Gasteiger partial charge in [0.1, 0.15) is 0 Å². The molecule has 2 heterocycles. The summed E-state index contributed by atoms with van der Waals surface area (Å²) < 4.78 is 5.82. The van der Waals surface area contributed by atoms with Crippen LogP contribution in [0.1, 0.15) is 88.3 Å². The zero-order chi connectivity index (χ0) is 33.1. The van der Waals surface area contributed by atoms with E-state index in [0.717, 1.165) is 50.9 Å². The number of likely N-dealkylation sites (tertiary alicyclic amines) is 1. The summed E-state index contributed by atoms with van der Waals surface area (Å²) in [5, 5.41) is 7.77. The standard InChI is InChI=1S/C36H44Cl3N3O4/c1-35(2,3)41-34(45)36(24-7-5-4-6-8-24)14-17-42(18-15-36)16-13-27(19-23-9-11-25(37)12-10-23)40-33(44)31-22-30(43)28-20-26(38)21-29(39)32(28)46-31/h9-12,20-22,24,27H,4-8,13-19H2,1-3H3,(H,40,44)(H,41,45)/t27-/m1/s1. The van der Waals surface area contributed by atoms with E-state index in [1.807, 2.05) is 24.3 Å². The highest BCUT2D eigenvalue weighted by Crippen LogP contribution is 2.46. The molecule has 2 aliphatic rings. The monoisotopic (exact) mass is 687 g/mol. The zero-order valence-corrected chi connectivity index (χ0v) is 29.2. The Balaban J connectivity index is 1.30. The normalized spacial score (nSPS) is 18.3. The number of benzene rings is 2. The van der Waals surface area contributed by atoms with Crippen LogP contribution in [0.4, 0.5) is 0 Å². The van der Waals surface area contributed by atoms with Crippen molar-refractivity contribution in [1.29, 1.82) is 0 Å². The number of hydrogen-bond acceptors (Lipinski definition) is 5. The number of piperidine rings is 1. The number of halogens is 3. The third-order valence-electron chi connectivity index (χ3n) is 9.57. The summed E-state index contributed by atoms with van der Waals surface area (Å²) in [7, 11) is 0. The van der Waals surface area contributed by atoms with Gasteiger partial charge in [-0.25, -0.2) is 0 Å². The van der Waals surface area contributed by atoms with Crippen LogP contribution in [0.2, 0.25) is 15.1 Å². The Bertz CT molecular complexity index is 1600. The molecule has 1 aliphatic carbocycles. The second kappa shape index (κ2) is 14.7. The van der Waals surface area contributed by atoms with Crippen molar-refractivity contribution in [2.75, 3.05) is 19.6 Å². The molecule has 7 nitrogen and oxygen atoms in total. The quantitative estimate of drug-likeness (QED) is 0.237. The molecule has 1 atom stereocenters. The van der Waals surface area contributed by atoms with Gasteiger partial charge in [-0.3, -0.25) is 14.4 Å². The Morgan fingerprint density at radius 2 is 1.65 bits per heavy atom. The van der Waals surface area contributed by atoms with E-state index in [1.165, 1.54) is 37.5 Å². The first-order chi connectivity index (χ1) is 21.8. The average molecular weight is 689 g/mol. The third kappa shape index (κ3) is 8.46. The smallest absolute Gasteiger partial charge is 0.287 e. The van der Waals surface area contributed by atoms with E-state index in [-0.39, 0.29) is 44.7 Å². The Morgan fingerprint density at radius 1 is 0.978 bits per heavy atom. The zero-order valence-electron chi connectivity index (χ0n) is 26.9. The topological polar surface area (TPSA) is 91.7 Å². The summed E-state index contributed by atoms with van der Waals surface area (Å²) in [6.07, 6.45) is 8.81. The van der Waals surface area contributed by atoms with Crippen molar-refractivity contribution in [2.24, 2.45) is 11.3 Å². The van der Waals surface area contributed by atoms with E-state index in [9.17, 15) is 14.4 Å². The summed E-state index contributed by atoms with van der Waals surface area (Å²) in [5.74, 6) is 0.0308. The molecule has 1 saturated heterocycles. The van der Waals surface area contributed by atoms with Gasteiger partial charge in [-0.05, 0) is 108 Å². The second-order valence-corrected chi connectivity index (χ2v) is 15.3. The summed E-state index contributed by atoms with van der Waals surface area (Å²) in [6, 6.07) is 11.5. The highest BCUT2D eigenvalue weighted by molar-refractivity contribution is 6.38. The Morgan fingerprint density at radius 3 is 2.30 bits per heavy atom. The molecular formula is C36H44Cl3N3O4. The van der Waals surface area contributed by atoms with Crippen molar-refractivity contribution < 1.29 is 14.0 Å². The number of fused-ring (bicyclic) bond motifs is 1. The number of carbonyl (C=O) groups excluding carboxylic acids is 2. The minimum absolute atomic E-state index is 0.108. The Labute approximate surface area is 286 Å². The summed E-state index contributed by atoms with van der Waals surface area (Å²) in [5.41, 5.74) is 0.158. The Kier molecular flexibility index (Phi) is 11.1. The number of amides is 2. The molecule has 0 bridgehead atoms. The lowest BCUT2D eigenvalue weighted by Crippen LogP contribution is -2.56. The van der Waals surface area contributed by atoms with Gasteiger partial charge in [0.2, 0.25) is 5.91 Å². The van der Waals surface area contributed by atoms with Crippen LogP contribution >= 0.6 is 34.8 Å². The van der Waals surface area contributed by atoms with Gasteiger partial charge >= 0.3 is 0 Å². The Hall–Kier alpha value is -2.58. The van der Waals surface area contributed by atoms with E-state index < -0.39 is 11.3 Å². The van der Waals surface area contributed by atoms with E-state index in [1.54, 1.807) is 0 Å². The minimum Gasteiger partial charge on any atom is -0.449 e. The third-order valence-corrected chi connectivity index (χ3v) is 10.3. The molecule has 5 rings (SSSR count). The highest BCUT2D eigenvalue weighted by Gasteiger charge is 2.48. The van der Waals surface area contributed by atoms with Gasteiger partial charge in [0, 0.05) is 34.2 Å². The molecule has 46 heavy (non-hydrogen) atoms. The van der Waals surface area contributed by atoms with Gasteiger partial charge in [-0.15, -0.1) is 0 Å². The summed E-state index contributed by atoms with van der Waals surface area (Å²) in [4.78, 5) is 42.5. The molecule has 1 aliphatic heterocycles. The number of nitrogens with zero attached hydrogens (tertiary/aromatic N) is 1. The van der Waals surface area contributed by atoms with Crippen LogP contribution in [0, 0.1) is 11.3 Å². The molecule has 2 aromatic carbocycles. The van der Waals surface area contributed by atoms with Crippen molar-refractivity contribution in [1.82, 2.24) is 15.5 Å². The van der Waals surface area contributed by atoms with Crippen molar-refractivity contribution in [3.05, 3.63) is 79.1 Å². The van der Waals surface area contributed by atoms with E-state index in [4.69, 9.17) is 39.2 Å². The van der Waals surface area contributed by atoms with Gasteiger partial charge < -0.3 is 20.0 Å². The van der Waals surface area contributed by atoms with Crippen LogP contribution in [-0.4, -0.2) is 47.9 Å². The van der Waals surface area contributed by atoms with Crippen LogP contribution in [0.5, 0.6) is 0 Å². The lowest BCUT2D eigenvalue weighted by atomic mass is 9.63. The van der Waals surface area contributed by atoms with Crippen molar-refractivity contribution in [2.45, 2.75) is 90.1 Å². The maximum absolute atomic E-state index is 13.8. The first kappa shape index (κ1) is 34.7. The average Bonchev–Trinajstić information content (AvgIpc) is 3.01. The molecule has 2 amide bonds. The first-order valence-corrected chi connectivity index (χ1v) is 17.5. The van der Waals surface area contributed by atoms with Crippen molar-refractivity contribution >= 4 is 57.6 Å². The van der Waals surface area contributed by atoms with Crippen molar-refractivity contribution in [3.8, 4) is 0 Å². The van der Waals surface area contributed by atoms with Crippen LogP contribution < -0.4 is 16.1 Å². The van der Waals surface area contributed by atoms with Crippen LogP contribution in [0.3, 0.4) is 0 Å². The maximum Gasteiger partial charge on any atom is 0.287 e. The number of nitrogens with one attached hydrogen (secondary N) is 2. The second-order valence-electron chi connectivity index (χ2n) is 14.1. The molecular weight excluding hydrogens is 645 g/mol. The molecule has 0 spiro atoms. The van der Waals surface area contributed by atoms with Gasteiger partial charge in [0.05, 0.1) is 15.8 Å². The number of rotatable bonds is 9. The van der Waals surface area contributed by atoms with E-state index in [2.05, 4.69) is 36.3 Å². The first-order valence-electron chi connectivity index (χ1n) is 16.4. The molecule has 10 heteroatoms. The molecule has 2 N–H and O–H groups in total. The van der Waals surface area contributed by atoms with E-state index >= 15 is 0 Å². The predicted octanol–water partition coefficient (Wildman–Crippen LogP) is 8.06. The van der Waals surface area contributed by atoms with E-state index in [0.29, 0.717) is 28.8 Å². The summed E-state index contributed by atoms with van der Waals surface area (Å²) >= 11 is 18.5. The lowest BCUT2D eigenvalue weighted by molar-refractivity contribution is -0.141. The SMILES string of the molecule is CC(C)(C)NC(=O)C1(C2CCCCC2)CCN(CC[C@H](Cc2ccc(Cl)cc2)NC(=O)c2cc(=O)c3cc(Cl)cc(Cl)c3o2)CC1. The highest BCUT2D eigenvalue weighted by atomic mass is 35.5. The molecule has 2 fully saturated rings.